The van der Waals surface area contributed by atoms with Crippen LogP contribution in [0.5, 0.6) is 11.5 Å². The third-order valence-corrected chi connectivity index (χ3v) is 5.34. The first-order valence-electron chi connectivity index (χ1n) is 10.3. The molecule has 0 heterocycles. The third-order valence-electron chi connectivity index (χ3n) is 4.97. The second-order valence-corrected chi connectivity index (χ2v) is 8.05. The van der Waals surface area contributed by atoms with Crippen molar-refractivity contribution in [2.24, 2.45) is 0 Å². The molecule has 1 atom stereocenters. The number of hydrogen-bond donors (Lipinski definition) is 1. The lowest BCUT2D eigenvalue weighted by Gasteiger charge is -2.29. The molecule has 0 fully saturated rings. The number of carbonyl (C=O) groups excluding carboxylic acids is 2. The monoisotopic (exact) mass is 446 g/mol. The number of nitrogens with one attached hydrogen (secondary N) is 1. The van der Waals surface area contributed by atoms with Crippen LogP contribution in [0.1, 0.15) is 38.3 Å². The SMILES string of the molecule is COc1ccc(CCC(=O)N(Cc2ccccc2Cl)[C@@H](C)C(=O)NC(C)C)cc1OC. The molecule has 0 aromatic heterocycles. The van der Waals surface area contributed by atoms with Crippen molar-refractivity contribution < 1.29 is 19.1 Å². The first-order chi connectivity index (χ1) is 14.8. The number of ether oxygens (including phenoxy) is 2. The van der Waals surface area contributed by atoms with E-state index in [1.807, 2.05) is 50.2 Å². The molecule has 2 aromatic rings. The average molecular weight is 447 g/mol. The van der Waals surface area contributed by atoms with Crippen LogP contribution in [0.2, 0.25) is 5.02 Å². The van der Waals surface area contributed by atoms with E-state index in [0.29, 0.717) is 22.9 Å². The van der Waals surface area contributed by atoms with E-state index in [-0.39, 0.29) is 30.8 Å². The number of benzene rings is 2. The van der Waals surface area contributed by atoms with Gasteiger partial charge in [-0.15, -0.1) is 0 Å². The Hall–Kier alpha value is -2.73. The molecule has 2 aromatic carbocycles. The minimum atomic E-state index is -0.628. The van der Waals surface area contributed by atoms with Gasteiger partial charge in [-0.1, -0.05) is 35.9 Å². The zero-order chi connectivity index (χ0) is 23.0. The van der Waals surface area contributed by atoms with Crippen LogP contribution in [-0.2, 0) is 22.6 Å². The lowest BCUT2D eigenvalue weighted by molar-refractivity contribution is -0.140. The highest BCUT2D eigenvalue weighted by atomic mass is 35.5. The third kappa shape index (κ3) is 6.89. The molecule has 0 aliphatic heterocycles. The fourth-order valence-corrected chi connectivity index (χ4v) is 3.42. The molecule has 0 radical (unpaired) electrons. The van der Waals surface area contributed by atoms with Gasteiger partial charge in [0.25, 0.3) is 0 Å². The molecule has 0 saturated carbocycles. The quantitative estimate of drug-likeness (QED) is 0.593. The van der Waals surface area contributed by atoms with E-state index >= 15 is 0 Å². The lowest BCUT2D eigenvalue weighted by Crippen LogP contribution is -2.49. The number of carbonyl (C=O) groups is 2. The van der Waals surface area contributed by atoms with Crippen LogP contribution in [-0.4, -0.2) is 43.0 Å². The van der Waals surface area contributed by atoms with Crippen molar-refractivity contribution in [3.63, 3.8) is 0 Å². The van der Waals surface area contributed by atoms with Crippen molar-refractivity contribution in [1.82, 2.24) is 10.2 Å². The Balaban J connectivity index is 2.19. The van der Waals surface area contributed by atoms with Crippen LogP contribution in [0.25, 0.3) is 0 Å². The zero-order valence-corrected chi connectivity index (χ0v) is 19.5. The Kier molecular flexibility index (Phi) is 9.19. The van der Waals surface area contributed by atoms with Gasteiger partial charge in [0, 0.05) is 24.0 Å². The molecule has 0 saturated heterocycles. The van der Waals surface area contributed by atoms with Crippen LogP contribution >= 0.6 is 11.6 Å². The standard InChI is InChI=1S/C24H31ClN2O4/c1-16(2)26-24(29)17(3)27(15-19-8-6-7-9-20(19)25)23(28)13-11-18-10-12-21(30-4)22(14-18)31-5/h6-10,12,14,16-17H,11,13,15H2,1-5H3,(H,26,29)/t17-/m0/s1. The van der Waals surface area contributed by atoms with Crippen molar-refractivity contribution in [1.29, 1.82) is 0 Å². The van der Waals surface area contributed by atoms with Gasteiger partial charge in [0.15, 0.2) is 11.5 Å². The summed E-state index contributed by atoms with van der Waals surface area (Å²) < 4.78 is 10.6. The molecule has 0 unspecified atom stereocenters. The maximum absolute atomic E-state index is 13.2. The van der Waals surface area contributed by atoms with Crippen molar-refractivity contribution in [2.45, 2.75) is 52.2 Å². The number of amides is 2. The summed E-state index contributed by atoms with van der Waals surface area (Å²) in [6.07, 6.45) is 0.760. The zero-order valence-electron chi connectivity index (χ0n) is 18.8. The summed E-state index contributed by atoms with van der Waals surface area (Å²) in [6, 6.07) is 12.3. The summed E-state index contributed by atoms with van der Waals surface area (Å²) in [5.74, 6) is 0.935. The Bertz CT molecular complexity index is 901. The van der Waals surface area contributed by atoms with Crippen LogP contribution in [0.15, 0.2) is 42.5 Å². The summed E-state index contributed by atoms with van der Waals surface area (Å²) in [4.78, 5) is 27.4. The molecular formula is C24H31ClN2O4. The van der Waals surface area contributed by atoms with Crippen LogP contribution in [0.4, 0.5) is 0 Å². The van der Waals surface area contributed by atoms with Gasteiger partial charge in [-0.25, -0.2) is 0 Å². The van der Waals surface area contributed by atoms with E-state index in [9.17, 15) is 9.59 Å². The molecule has 31 heavy (non-hydrogen) atoms. The molecule has 0 aliphatic rings. The number of methoxy groups -OCH3 is 2. The fraction of sp³-hybridized carbons (Fsp3) is 0.417. The van der Waals surface area contributed by atoms with E-state index in [2.05, 4.69) is 5.32 Å². The number of rotatable bonds is 10. The predicted octanol–water partition coefficient (Wildman–Crippen LogP) is 4.23. The Morgan fingerprint density at radius 2 is 1.71 bits per heavy atom. The molecule has 0 aliphatic carbocycles. The normalized spacial score (nSPS) is 11.7. The Morgan fingerprint density at radius 3 is 2.32 bits per heavy atom. The molecule has 168 valence electrons. The molecule has 2 rings (SSSR count). The van der Waals surface area contributed by atoms with Gasteiger partial charge in [0.05, 0.1) is 14.2 Å². The largest absolute Gasteiger partial charge is 0.493 e. The van der Waals surface area contributed by atoms with Gasteiger partial charge in [0.2, 0.25) is 11.8 Å². The predicted molar refractivity (Wildman–Crippen MR) is 123 cm³/mol. The minimum absolute atomic E-state index is 0.0148. The van der Waals surface area contributed by atoms with Gasteiger partial charge < -0.3 is 19.7 Å². The van der Waals surface area contributed by atoms with Crippen LogP contribution < -0.4 is 14.8 Å². The summed E-state index contributed by atoms with van der Waals surface area (Å²) in [7, 11) is 3.16. The van der Waals surface area contributed by atoms with Crippen molar-refractivity contribution in [3.8, 4) is 11.5 Å². The molecule has 1 N–H and O–H groups in total. The fourth-order valence-electron chi connectivity index (χ4n) is 3.23. The first kappa shape index (κ1) is 24.5. The first-order valence-corrected chi connectivity index (χ1v) is 10.7. The number of halogens is 1. The van der Waals surface area contributed by atoms with Crippen LogP contribution in [0, 0.1) is 0 Å². The van der Waals surface area contributed by atoms with Crippen molar-refractivity contribution in [2.75, 3.05) is 14.2 Å². The van der Waals surface area contributed by atoms with Crippen molar-refractivity contribution >= 4 is 23.4 Å². The molecule has 0 spiro atoms. The highest BCUT2D eigenvalue weighted by molar-refractivity contribution is 6.31. The van der Waals surface area contributed by atoms with Crippen molar-refractivity contribution in [3.05, 3.63) is 58.6 Å². The Morgan fingerprint density at radius 1 is 1.03 bits per heavy atom. The maximum Gasteiger partial charge on any atom is 0.242 e. The average Bonchev–Trinajstić information content (AvgIpc) is 2.75. The number of aryl methyl sites for hydroxylation is 1. The maximum atomic E-state index is 13.2. The molecular weight excluding hydrogens is 416 g/mol. The highest BCUT2D eigenvalue weighted by Crippen LogP contribution is 2.28. The van der Waals surface area contributed by atoms with E-state index in [1.54, 1.807) is 32.1 Å². The van der Waals surface area contributed by atoms with E-state index in [1.165, 1.54) is 0 Å². The molecule has 7 heteroatoms. The minimum Gasteiger partial charge on any atom is -0.493 e. The smallest absolute Gasteiger partial charge is 0.242 e. The summed E-state index contributed by atoms with van der Waals surface area (Å²) >= 11 is 6.31. The van der Waals surface area contributed by atoms with Gasteiger partial charge >= 0.3 is 0 Å². The number of nitrogens with zero attached hydrogens (tertiary/aromatic N) is 1. The highest BCUT2D eigenvalue weighted by Gasteiger charge is 2.26. The van der Waals surface area contributed by atoms with Gasteiger partial charge in [-0.3, -0.25) is 9.59 Å². The van der Waals surface area contributed by atoms with Gasteiger partial charge in [0.1, 0.15) is 6.04 Å². The molecule has 2 amide bonds. The van der Waals surface area contributed by atoms with Gasteiger partial charge in [-0.2, -0.15) is 0 Å². The second-order valence-electron chi connectivity index (χ2n) is 7.64. The summed E-state index contributed by atoms with van der Waals surface area (Å²) in [5, 5.41) is 3.45. The molecule has 0 bridgehead atoms. The Labute approximate surface area is 189 Å². The summed E-state index contributed by atoms with van der Waals surface area (Å²) in [5.41, 5.74) is 1.75. The van der Waals surface area contributed by atoms with E-state index in [0.717, 1.165) is 11.1 Å². The summed E-state index contributed by atoms with van der Waals surface area (Å²) in [6.45, 7) is 5.78. The number of hydrogen-bond acceptors (Lipinski definition) is 4. The van der Waals surface area contributed by atoms with E-state index < -0.39 is 6.04 Å². The topological polar surface area (TPSA) is 67.9 Å². The lowest BCUT2D eigenvalue weighted by atomic mass is 10.1. The molecule has 6 nitrogen and oxygen atoms in total. The van der Waals surface area contributed by atoms with Gasteiger partial charge in [-0.05, 0) is 56.5 Å². The van der Waals surface area contributed by atoms with E-state index in [4.69, 9.17) is 21.1 Å². The second kappa shape index (κ2) is 11.6. The van der Waals surface area contributed by atoms with Crippen LogP contribution in [0.3, 0.4) is 0 Å².